The summed E-state index contributed by atoms with van der Waals surface area (Å²) in [6, 6.07) is 16.2. The fourth-order valence-electron chi connectivity index (χ4n) is 3.24. The zero-order valence-electron chi connectivity index (χ0n) is 19.2. The first kappa shape index (κ1) is 31.2. The molecule has 3 aromatic rings. The van der Waals surface area contributed by atoms with E-state index in [1.165, 1.54) is 49.2 Å². The van der Waals surface area contributed by atoms with E-state index in [1.807, 2.05) is 19.3 Å². The van der Waals surface area contributed by atoms with Crippen molar-refractivity contribution in [2.24, 2.45) is 0 Å². The summed E-state index contributed by atoms with van der Waals surface area (Å²) in [4.78, 5) is 6.44. The molecule has 1 atom stereocenters. The SMILES string of the molecule is CN1CCC[C@H]1c1cncc(Br)c1.Cc1ccc(S(=O)(=O)O)cc1.O=S(=O)(O)c1ccccc1.S. The highest BCUT2D eigenvalue weighted by Gasteiger charge is 2.22. The number of likely N-dealkylation sites (tertiary alicyclic amines) is 1. The maximum Gasteiger partial charge on any atom is 0.294 e. The summed E-state index contributed by atoms with van der Waals surface area (Å²) in [5, 5.41) is 0. The predicted molar refractivity (Wildman–Crippen MR) is 144 cm³/mol. The molecule has 2 aromatic carbocycles. The lowest BCUT2D eigenvalue weighted by Crippen LogP contribution is -2.17. The summed E-state index contributed by atoms with van der Waals surface area (Å²) in [5.41, 5.74) is 2.28. The van der Waals surface area contributed by atoms with Crippen molar-refractivity contribution in [1.29, 1.82) is 0 Å². The van der Waals surface area contributed by atoms with Gasteiger partial charge in [0.2, 0.25) is 0 Å². The average molecular weight is 606 g/mol. The van der Waals surface area contributed by atoms with E-state index in [4.69, 9.17) is 9.11 Å². The zero-order chi connectivity index (χ0) is 25.4. The van der Waals surface area contributed by atoms with Crippen LogP contribution >= 0.6 is 29.4 Å². The van der Waals surface area contributed by atoms with Crippen molar-refractivity contribution in [3.8, 4) is 0 Å². The molecule has 0 spiro atoms. The van der Waals surface area contributed by atoms with Crippen LogP contribution in [0.2, 0.25) is 0 Å². The van der Waals surface area contributed by atoms with E-state index >= 15 is 0 Å². The molecule has 12 heteroatoms. The van der Waals surface area contributed by atoms with Crippen LogP contribution in [-0.4, -0.2) is 49.4 Å². The molecule has 0 unspecified atom stereocenters. The Morgan fingerprint density at radius 1 is 0.914 bits per heavy atom. The van der Waals surface area contributed by atoms with Gasteiger partial charge in [0, 0.05) is 22.9 Å². The van der Waals surface area contributed by atoms with Gasteiger partial charge < -0.3 is 0 Å². The summed E-state index contributed by atoms with van der Waals surface area (Å²) in [6.45, 7) is 3.05. The molecule has 0 amide bonds. The molecule has 4 rings (SSSR count). The molecule has 1 aliphatic heterocycles. The van der Waals surface area contributed by atoms with Crippen LogP contribution in [0, 0.1) is 6.92 Å². The molecular weight excluding hydrogens is 576 g/mol. The van der Waals surface area contributed by atoms with Gasteiger partial charge in [-0.1, -0.05) is 35.9 Å². The molecule has 0 bridgehead atoms. The van der Waals surface area contributed by atoms with E-state index in [0.717, 1.165) is 10.0 Å². The highest BCUT2D eigenvalue weighted by molar-refractivity contribution is 9.10. The Balaban J connectivity index is 0.000000262. The van der Waals surface area contributed by atoms with Crippen molar-refractivity contribution in [1.82, 2.24) is 9.88 Å². The molecule has 1 fully saturated rings. The molecular formula is C23H29BrN2O6S3. The van der Waals surface area contributed by atoms with Crippen LogP contribution in [0.4, 0.5) is 0 Å². The second kappa shape index (κ2) is 14.1. The number of hydrogen-bond acceptors (Lipinski definition) is 6. The van der Waals surface area contributed by atoms with E-state index in [1.54, 1.807) is 30.3 Å². The van der Waals surface area contributed by atoms with Crippen LogP contribution in [0.25, 0.3) is 0 Å². The van der Waals surface area contributed by atoms with Crippen LogP contribution < -0.4 is 0 Å². The van der Waals surface area contributed by atoms with Crippen LogP contribution in [-0.2, 0) is 20.2 Å². The summed E-state index contributed by atoms with van der Waals surface area (Å²) >= 11 is 3.45. The van der Waals surface area contributed by atoms with Crippen molar-refractivity contribution in [2.45, 2.75) is 35.6 Å². The van der Waals surface area contributed by atoms with E-state index < -0.39 is 20.2 Å². The highest BCUT2D eigenvalue weighted by atomic mass is 79.9. The van der Waals surface area contributed by atoms with Crippen LogP contribution in [0.15, 0.2) is 87.3 Å². The van der Waals surface area contributed by atoms with E-state index in [0.29, 0.717) is 6.04 Å². The summed E-state index contributed by atoms with van der Waals surface area (Å²) < 4.78 is 59.9. The first-order valence-electron chi connectivity index (χ1n) is 10.3. The lowest BCUT2D eigenvalue weighted by Gasteiger charge is -2.19. The maximum absolute atomic E-state index is 10.5. The summed E-state index contributed by atoms with van der Waals surface area (Å²) in [7, 11) is -5.84. The van der Waals surface area contributed by atoms with Crippen LogP contribution in [0.3, 0.4) is 0 Å². The number of aryl methyl sites for hydroxylation is 1. The van der Waals surface area contributed by atoms with Gasteiger partial charge in [0.15, 0.2) is 0 Å². The van der Waals surface area contributed by atoms with Gasteiger partial charge in [-0.25, -0.2) is 0 Å². The van der Waals surface area contributed by atoms with Gasteiger partial charge in [-0.3, -0.25) is 19.0 Å². The van der Waals surface area contributed by atoms with Gasteiger partial charge in [0.25, 0.3) is 20.2 Å². The zero-order valence-corrected chi connectivity index (χ0v) is 23.5. The Hall–Kier alpha value is -1.80. The Morgan fingerprint density at radius 2 is 1.46 bits per heavy atom. The van der Waals surface area contributed by atoms with E-state index in [2.05, 4.69) is 38.9 Å². The summed E-state index contributed by atoms with van der Waals surface area (Å²) in [5.74, 6) is 0. The first-order valence-corrected chi connectivity index (χ1v) is 13.9. The molecule has 192 valence electrons. The minimum Gasteiger partial charge on any atom is -0.299 e. The van der Waals surface area contributed by atoms with Gasteiger partial charge in [-0.2, -0.15) is 30.3 Å². The second-order valence-electron chi connectivity index (χ2n) is 7.65. The standard InChI is InChI=1S/C10H13BrN2.C7H8O3S.C6H6O3S.H2S/c1-13-4-2-3-10(13)8-5-9(11)7-12-6-8;1-6-2-4-7(5-3-6)11(8,9)10;7-10(8,9)6-4-2-1-3-5-6;/h5-7,10H,2-4H2,1H3;2-5H,1H3,(H,8,9,10);1-5H,(H,7,8,9);1H2/t10-;;;/m0.../s1. The van der Waals surface area contributed by atoms with Crippen molar-refractivity contribution in [3.63, 3.8) is 0 Å². The highest BCUT2D eigenvalue weighted by Crippen LogP contribution is 2.30. The van der Waals surface area contributed by atoms with Crippen LogP contribution in [0.5, 0.6) is 0 Å². The van der Waals surface area contributed by atoms with Crippen molar-refractivity contribution in [3.05, 3.63) is 88.7 Å². The number of rotatable bonds is 3. The normalized spacial score (nSPS) is 15.6. The fourth-order valence-corrected chi connectivity index (χ4v) is 4.61. The summed E-state index contributed by atoms with van der Waals surface area (Å²) in [6.07, 6.45) is 6.36. The molecule has 0 saturated carbocycles. The number of halogens is 1. The lowest BCUT2D eigenvalue weighted by molar-refractivity contribution is 0.317. The quantitative estimate of drug-likeness (QED) is 0.404. The maximum atomic E-state index is 10.5. The minimum atomic E-state index is -4.02. The van der Waals surface area contributed by atoms with Gasteiger partial charge in [0.05, 0.1) is 9.79 Å². The third-order valence-electron chi connectivity index (χ3n) is 4.99. The van der Waals surface area contributed by atoms with E-state index in [9.17, 15) is 16.8 Å². The molecule has 0 aliphatic carbocycles. The number of pyridine rings is 1. The predicted octanol–water partition coefficient (Wildman–Crippen LogP) is 4.90. The molecule has 35 heavy (non-hydrogen) atoms. The van der Waals surface area contributed by atoms with Crippen molar-refractivity contribution in [2.75, 3.05) is 13.6 Å². The number of benzene rings is 2. The van der Waals surface area contributed by atoms with Crippen molar-refractivity contribution < 1.29 is 25.9 Å². The molecule has 8 nitrogen and oxygen atoms in total. The minimum absolute atomic E-state index is 0. The van der Waals surface area contributed by atoms with Gasteiger partial charge in [-0.05, 0) is 85.2 Å². The largest absolute Gasteiger partial charge is 0.299 e. The molecule has 0 radical (unpaired) electrons. The molecule has 1 aliphatic rings. The molecule has 2 heterocycles. The number of hydrogen-bond donors (Lipinski definition) is 2. The molecule has 2 N–H and O–H groups in total. The van der Waals surface area contributed by atoms with Crippen molar-refractivity contribution >= 4 is 49.7 Å². The third kappa shape index (κ3) is 10.8. The molecule has 1 saturated heterocycles. The number of nitrogens with zero attached hydrogens (tertiary/aromatic N) is 2. The number of aromatic nitrogens is 1. The fraction of sp³-hybridized carbons (Fsp3) is 0.261. The Kier molecular flexibility index (Phi) is 12.6. The molecule has 1 aromatic heterocycles. The van der Waals surface area contributed by atoms with E-state index in [-0.39, 0.29) is 23.3 Å². The second-order valence-corrected chi connectivity index (χ2v) is 11.4. The van der Waals surface area contributed by atoms with Gasteiger partial charge in [-0.15, -0.1) is 0 Å². The van der Waals surface area contributed by atoms with Gasteiger partial charge >= 0.3 is 0 Å². The Labute approximate surface area is 222 Å². The third-order valence-corrected chi connectivity index (χ3v) is 7.16. The smallest absolute Gasteiger partial charge is 0.294 e. The topological polar surface area (TPSA) is 125 Å². The van der Waals surface area contributed by atoms with Crippen LogP contribution in [0.1, 0.15) is 30.0 Å². The monoisotopic (exact) mass is 604 g/mol. The Morgan fingerprint density at radius 3 is 1.89 bits per heavy atom. The first-order chi connectivity index (χ1) is 15.9. The van der Waals surface area contributed by atoms with Gasteiger partial charge in [0.1, 0.15) is 0 Å². The average Bonchev–Trinajstić information content (AvgIpc) is 3.20. The Bertz CT molecular complexity index is 1270. The lowest BCUT2D eigenvalue weighted by atomic mass is 10.1.